The Labute approximate surface area is 98.1 Å². The van der Waals surface area contributed by atoms with Gasteiger partial charge < -0.3 is 5.32 Å². The number of aliphatic imine (C=N–C) groups is 1. The van der Waals surface area contributed by atoms with Crippen LogP contribution in [0.3, 0.4) is 0 Å². The van der Waals surface area contributed by atoms with E-state index in [-0.39, 0.29) is 27.9 Å². The average Bonchev–Trinajstić information content (AvgIpc) is 1.95. The molecule has 0 aliphatic carbocycles. The maximum atomic E-state index is 4.44. The Morgan fingerprint density at radius 2 is 1.92 bits per heavy atom. The van der Waals surface area contributed by atoms with E-state index in [1.165, 1.54) is 0 Å². The third-order valence-corrected chi connectivity index (χ3v) is 1.43. The quantitative estimate of drug-likeness (QED) is 0.771. The van der Waals surface area contributed by atoms with E-state index in [0.717, 1.165) is 13.1 Å². The van der Waals surface area contributed by atoms with Crippen LogP contribution in [0.1, 0.15) is 34.6 Å². The summed E-state index contributed by atoms with van der Waals surface area (Å²) in [6.45, 7) is 12.7. The molecule has 1 radical (unpaired) electrons. The minimum absolute atomic E-state index is 0. The molecule has 2 nitrogen and oxygen atoms in total. The minimum atomic E-state index is 0. The van der Waals surface area contributed by atoms with Gasteiger partial charge in [0.25, 0.3) is 0 Å². The minimum Gasteiger partial charge on any atom is -0.316 e. The molecule has 0 rings (SSSR count). The molecule has 0 aliphatic rings. The zero-order chi connectivity index (χ0) is 9.61. The van der Waals surface area contributed by atoms with Crippen LogP contribution in [0.25, 0.3) is 0 Å². The summed E-state index contributed by atoms with van der Waals surface area (Å²) in [4.78, 5) is 4.44. The van der Waals surface area contributed by atoms with Gasteiger partial charge in [0, 0.05) is 41.1 Å². The largest absolute Gasteiger partial charge is 0.316 e. The Morgan fingerprint density at radius 3 is 2.31 bits per heavy atom. The summed E-state index contributed by atoms with van der Waals surface area (Å²) in [7, 11) is 0. The Balaban J connectivity index is 0. The van der Waals surface area contributed by atoms with Crippen molar-refractivity contribution in [1.82, 2.24) is 5.32 Å². The van der Waals surface area contributed by atoms with Gasteiger partial charge in [-0.1, -0.05) is 13.8 Å². The van der Waals surface area contributed by atoms with Crippen LogP contribution in [0.2, 0.25) is 0 Å². The molecule has 0 saturated heterocycles. The van der Waals surface area contributed by atoms with Gasteiger partial charge in [-0.05, 0) is 27.3 Å². The summed E-state index contributed by atoms with van der Waals surface area (Å²) in [5.41, 5.74) is 0.0699. The number of nitrogens with one attached hydrogen (secondary N) is 1. The van der Waals surface area contributed by atoms with Gasteiger partial charge in [-0.25, -0.2) is 0 Å². The number of hydrogen-bond acceptors (Lipinski definition) is 2. The van der Waals surface area contributed by atoms with Gasteiger partial charge in [-0.15, -0.1) is 0 Å². The molecule has 13 heavy (non-hydrogen) atoms. The van der Waals surface area contributed by atoms with Crippen molar-refractivity contribution >= 4 is 6.21 Å². The summed E-state index contributed by atoms with van der Waals surface area (Å²) in [5, 5.41) is 3.29. The zero-order valence-electron chi connectivity index (χ0n) is 9.46. The SMILES string of the molecule is CCNCC(C)C=NC(C)(C)C.[Ta]. The van der Waals surface area contributed by atoms with Crippen molar-refractivity contribution in [2.75, 3.05) is 13.1 Å². The van der Waals surface area contributed by atoms with Crippen LogP contribution < -0.4 is 5.32 Å². The van der Waals surface area contributed by atoms with E-state index in [1.54, 1.807) is 0 Å². The fourth-order valence-corrected chi connectivity index (χ4v) is 0.776. The van der Waals surface area contributed by atoms with Gasteiger partial charge in [-0.3, -0.25) is 4.99 Å². The van der Waals surface area contributed by atoms with Crippen LogP contribution in [0.5, 0.6) is 0 Å². The Hall–Kier alpha value is 0.370. The standard InChI is InChI=1S/C10H22N2.Ta/c1-6-11-7-9(2)8-12-10(3,4)5;/h8-9,11H,6-7H2,1-5H3;. The van der Waals surface area contributed by atoms with E-state index in [4.69, 9.17) is 0 Å². The molecule has 0 bridgehead atoms. The van der Waals surface area contributed by atoms with Crippen molar-refractivity contribution in [1.29, 1.82) is 0 Å². The first kappa shape index (κ1) is 15.8. The average molecular weight is 351 g/mol. The van der Waals surface area contributed by atoms with E-state index in [0.29, 0.717) is 5.92 Å². The topological polar surface area (TPSA) is 24.4 Å². The predicted octanol–water partition coefficient (Wildman–Crippen LogP) is 2.10. The molecule has 0 amide bonds. The van der Waals surface area contributed by atoms with Crippen molar-refractivity contribution in [3.63, 3.8) is 0 Å². The van der Waals surface area contributed by atoms with Crippen LogP contribution >= 0.6 is 0 Å². The maximum absolute atomic E-state index is 4.44. The third-order valence-electron chi connectivity index (χ3n) is 1.43. The van der Waals surface area contributed by atoms with Crippen molar-refractivity contribution in [3.8, 4) is 0 Å². The van der Waals surface area contributed by atoms with Crippen molar-refractivity contribution in [2.24, 2.45) is 10.9 Å². The second-order valence-corrected chi connectivity index (χ2v) is 4.23. The number of nitrogens with zero attached hydrogens (tertiary/aromatic N) is 1. The molecule has 1 N–H and O–H groups in total. The fraction of sp³-hybridized carbons (Fsp3) is 0.900. The van der Waals surface area contributed by atoms with Crippen molar-refractivity contribution < 1.29 is 22.4 Å². The zero-order valence-corrected chi connectivity index (χ0v) is 12.7. The summed E-state index contributed by atoms with van der Waals surface area (Å²) in [5.74, 6) is 0.532. The molecule has 3 heteroatoms. The normalized spacial score (nSPS) is 14.2. The van der Waals surface area contributed by atoms with Gasteiger partial charge in [0.05, 0.1) is 5.54 Å². The smallest absolute Gasteiger partial charge is 0.0520 e. The molecule has 0 aromatic carbocycles. The molecule has 0 saturated carbocycles. The van der Waals surface area contributed by atoms with E-state index >= 15 is 0 Å². The monoisotopic (exact) mass is 351 g/mol. The van der Waals surface area contributed by atoms with Gasteiger partial charge in [0.15, 0.2) is 0 Å². The molecule has 0 fully saturated rings. The maximum Gasteiger partial charge on any atom is 0.0520 e. The molecule has 0 aliphatic heterocycles. The molecular weight excluding hydrogens is 329 g/mol. The van der Waals surface area contributed by atoms with Gasteiger partial charge in [0.2, 0.25) is 0 Å². The number of rotatable bonds is 4. The second kappa shape index (κ2) is 7.74. The van der Waals surface area contributed by atoms with Crippen LogP contribution in [0.4, 0.5) is 0 Å². The molecule has 0 spiro atoms. The molecule has 0 aromatic rings. The third kappa shape index (κ3) is 12.4. The van der Waals surface area contributed by atoms with Crippen LogP contribution in [0.15, 0.2) is 4.99 Å². The van der Waals surface area contributed by atoms with E-state index in [1.807, 2.05) is 6.21 Å². The molecule has 1 atom stereocenters. The molecule has 77 valence electrons. The Bertz CT molecular complexity index is 138. The van der Waals surface area contributed by atoms with E-state index < -0.39 is 0 Å². The van der Waals surface area contributed by atoms with E-state index in [2.05, 4.69) is 44.9 Å². The Morgan fingerprint density at radius 1 is 1.38 bits per heavy atom. The van der Waals surface area contributed by atoms with Crippen LogP contribution in [0, 0.1) is 5.92 Å². The summed E-state index contributed by atoms with van der Waals surface area (Å²) in [6.07, 6.45) is 2.04. The predicted molar refractivity (Wildman–Crippen MR) is 56.0 cm³/mol. The first-order valence-electron chi connectivity index (χ1n) is 4.71. The van der Waals surface area contributed by atoms with Crippen molar-refractivity contribution in [3.05, 3.63) is 0 Å². The van der Waals surface area contributed by atoms with Crippen LogP contribution in [-0.4, -0.2) is 24.8 Å². The van der Waals surface area contributed by atoms with Gasteiger partial charge in [-0.2, -0.15) is 0 Å². The summed E-state index contributed by atoms with van der Waals surface area (Å²) >= 11 is 0. The fourth-order valence-electron chi connectivity index (χ4n) is 0.776. The van der Waals surface area contributed by atoms with Gasteiger partial charge >= 0.3 is 0 Å². The van der Waals surface area contributed by atoms with Gasteiger partial charge in [0.1, 0.15) is 0 Å². The van der Waals surface area contributed by atoms with Crippen LogP contribution in [-0.2, 0) is 22.4 Å². The number of hydrogen-bond donors (Lipinski definition) is 1. The summed E-state index contributed by atoms with van der Waals surface area (Å²) in [6, 6.07) is 0. The Kier molecular flexibility index (Phi) is 9.43. The van der Waals surface area contributed by atoms with Crippen molar-refractivity contribution in [2.45, 2.75) is 40.2 Å². The first-order chi connectivity index (χ1) is 5.45. The summed E-state index contributed by atoms with van der Waals surface area (Å²) < 4.78 is 0. The van der Waals surface area contributed by atoms with E-state index in [9.17, 15) is 0 Å². The first-order valence-corrected chi connectivity index (χ1v) is 4.71. The molecular formula is C10H22N2Ta. The molecule has 1 unspecified atom stereocenters. The molecule has 0 heterocycles. The second-order valence-electron chi connectivity index (χ2n) is 4.23. The molecule has 0 aromatic heterocycles.